The van der Waals surface area contributed by atoms with Crippen molar-refractivity contribution >= 4 is 0 Å². The third kappa shape index (κ3) is 2.62. The number of nitrogens with zero attached hydrogens (tertiary/aromatic N) is 1. The predicted molar refractivity (Wildman–Crippen MR) is 47.6 cm³/mol. The fourth-order valence-corrected chi connectivity index (χ4v) is 1.07. The second kappa shape index (κ2) is 4.88. The molecule has 0 aliphatic heterocycles. The van der Waals surface area contributed by atoms with Crippen molar-refractivity contribution in [2.45, 2.75) is 18.8 Å². The summed E-state index contributed by atoms with van der Waals surface area (Å²) in [5, 5.41) is 8.59. The number of rotatable bonds is 4. The van der Waals surface area contributed by atoms with Gasteiger partial charge in [-0.2, -0.15) is 0 Å². The van der Waals surface area contributed by atoms with E-state index >= 15 is 0 Å². The molecule has 0 saturated carbocycles. The molecule has 1 atom stereocenters. The van der Waals surface area contributed by atoms with Gasteiger partial charge in [-0.05, 0) is 37.3 Å². The lowest BCUT2D eigenvalue weighted by atomic mass is 9.98. The fraction of sp³-hybridized carbons (Fsp3) is 0.400. The minimum Gasteiger partial charge on any atom is -0.396 e. The third-order valence-corrected chi connectivity index (χ3v) is 1.79. The van der Waals surface area contributed by atoms with Gasteiger partial charge in [0, 0.05) is 19.0 Å². The summed E-state index contributed by atoms with van der Waals surface area (Å²) in [6, 6.07) is 3.82. The first kappa shape index (κ1) is 9.20. The van der Waals surface area contributed by atoms with Crippen LogP contribution < -0.4 is 0 Å². The molecule has 1 heterocycles. The monoisotopic (exact) mass is 163 g/mol. The SMILES string of the molecule is [CH]C(CCCO)c1cccnc1. The van der Waals surface area contributed by atoms with Crippen LogP contribution in [-0.2, 0) is 0 Å². The Morgan fingerprint density at radius 2 is 2.42 bits per heavy atom. The summed E-state index contributed by atoms with van der Waals surface area (Å²) in [5.41, 5.74) is 1.03. The second-order valence-corrected chi connectivity index (χ2v) is 2.76. The van der Waals surface area contributed by atoms with Gasteiger partial charge in [0.15, 0.2) is 0 Å². The summed E-state index contributed by atoms with van der Waals surface area (Å²) in [5.74, 6) is 0.00542. The average molecular weight is 163 g/mol. The predicted octanol–water partition coefficient (Wildman–Crippen LogP) is 1.65. The van der Waals surface area contributed by atoms with Crippen LogP contribution in [0.15, 0.2) is 24.5 Å². The van der Waals surface area contributed by atoms with Crippen LogP contribution in [0.2, 0.25) is 0 Å². The van der Waals surface area contributed by atoms with Crippen LogP contribution in [0, 0.1) is 6.92 Å². The first-order valence-corrected chi connectivity index (χ1v) is 4.11. The zero-order valence-corrected chi connectivity index (χ0v) is 6.98. The van der Waals surface area contributed by atoms with Gasteiger partial charge >= 0.3 is 0 Å². The molecule has 0 fully saturated rings. The van der Waals surface area contributed by atoms with E-state index in [1.165, 1.54) is 0 Å². The van der Waals surface area contributed by atoms with E-state index < -0.39 is 0 Å². The molecule has 2 radical (unpaired) electrons. The molecular weight excluding hydrogens is 150 g/mol. The van der Waals surface area contributed by atoms with Crippen molar-refractivity contribution in [2.24, 2.45) is 0 Å². The van der Waals surface area contributed by atoms with E-state index in [1.807, 2.05) is 12.1 Å². The molecule has 1 unspecified atom stereocenters. The topological polar surface area (TPSA) is 33.1 Å². The van der Waals surface area contributed by atoms with Crippen LogP contribution >= 0.6 is 0 Å². The Balaban J connectivity index is 2.48. The summed E-state index contributed by atoms with van der Waals surface area (Å²) in [4.78, 5) is 3.97. The molecule has 2 nitrogen and oxygen atoms in total. The van der Waals surface area contributed by atoms with Crippen molar-refractivity contribution in [3.8, 4) is 0 Å². The van der Waals surface area contributed by atoms with Crippen LogP contribution in [-0.4, -0.2) is 16.7 Å². The maximum Gasteiger partial charge on any atom is 0.0431 e. The Kier molecular flexibility index (Phi) is 3.74. The standard InChI is InChI=1S/C10H13NO/c1-9(4-3-7-12)10-5-2-6-11-8-10/h1-2,5-6,8-9,12H,3-4,7H2. The van der Waals surface area contributed by atoms with E-state index in [2.05, 4.69) is 4.98 Å². The minimum absolute atomic E-state index is 0.00542. The van der Waals surface area contributed by atoms with Gasteiger partial charge in [-0.25, -0.2) is 0 Å². The maximum atomic E-state index is 8.59. The van der Waals surface area contributed by atoms with Crippen molar-refractivity contribution in [3.63, 3.8) is 0 Å². The molecule has 2 heteroatoms. The third-order valence-electron chi connectivity index (χ3n) is 1.79. The van der Waals surface area contributed by atoms with Gasteiger partial charge in [0.05, 0.1) is 0 Å². The van der Waals surface area contributed by atoms with Crippen molar-refractivity contribution in [1.29, 1.82) is 0 Å². The highest BCUT2D eigenvalue weighted by atomic mass is 16.2. The van der Waals surface area contributed by atoms with Crippen LogP contribution in [0.25, 0.3) is 0 Å². The highest BCUT2D eigenvalue weighted by Crippen LogP contribution is 2.18. The molecule has 0 bridgehead atoms. The molecular formula is C10H13NO. The molecule has 0 spiro atoms. The van der Waals surface area contributed by atoms with E-state index in [1.54, 1.807) is 12.4 Å². The largest absolute Gasteiger partial charge is 0.396 e. The van der Waals surface area contributed by atoms with Crippen molar-refractivity contribution in [1.82, 2.24) is 4.98 Å². The minimum atomic E-state index is 0.00542. The van der Waals surface area contributed by atoms with Crippen LogP contribution in [0.3, 0.4) is 0 Å². The summed E-state index contributed by atoms with van der Waals surface area (Å²) < 4.78 is 0. The quantitative estimate of drug-likeness (QED) is 0.732. The molecule has 0 amide bonds. The van der Waals surface area contributed by atoms with Gasteiger partial charge in [0.2, 0.25) is 0 Å². The van der Waals surface area contributed by atoms with Gasteiger partial charge < -0.3 is 5.11 Å². The summed E-state index contributed by atoms with van der Waals surface area (Å²) in [7, 11) is 0. The zero-order valence-electron chi connectivity index (χ0n) is 6.98. The van der Waals surface area contributed by atoms with Crippen LogP contribution in [0.5, 0.6) is 0 Å². The van der Waals surface area contributed by atoms with E-state index in [-0.39, 0.29) is 12.5 Å². The van der Waals surface area contributed by atoms with E-state index in [0.29, 0.717) is 0 Å². The van der Waals surface area contributed by atoms with Crippen molar-refractivity contribution in [3.05, 3.63) is 37.0 Å². The number of aromatic nitrogens is 1. The summed E-state index contributed by atoms with van der Waals surface area (Å²) in [6.07, 6.45) is 5.04. The zero-order chi connectivity index (χ0) is 8.81. The Bertz CT molecular complexity index is 210. The number of hydrogen-bond donors (Lipinski definition) is 1. The molecule has 1 aromatic heterocycles. The number of pyridine rings is 1. The molecule has 64 valence electrons. The highest BCUT2D eigenvalue weighted by Gasteiger charge is 2.03. The molecule has 0 aromatic carbocycles. The van der Waals surface area contributed by atoms with Gasteiger partial charge in [-0.15, -0.1) is 0 Å². The highest BCUT2D eigenvalue weighted by molar-refractivity contribution is 5.15. The maximum absolute atomic E-state index is 8.59. The Labute approximate surface area is 73.3 Å². The van der Waals surface area contributed by atoms with Gasteiger partial charge in [-0.1, -0.05) is 6.07 Å². The Morgan fingerprint density at radius 1 is 1.58 bits per heavy atom. The van der Waals surface area contributed by atoms with Crippen molar-refractivity contribution in [2.75, 3.05) is 6.61 Å². The molecule has 0 aliphatic carbocycles. The molecule has 1 aromatic rings. The first-order valence-electron chi connectivity index (χ1n) is 4.11. The summed E-state index contributed by atoms with van der Waals surface area (Å²) >= 11 is 0. The first-order chi connectivity index (χ1) is 5.84. The van der Waals surface area contributed by atoms with E-state index in [4.69, 9.17) is 12.0 Å². The van der Waals surface area contributed by atoms with E-state index in [9.17, 15) is 0 Å². The number of aliphatic hydroxyl groups is 1. The van der Waals surface area contributed by atoms with E-state index in [0.717, 1.165) is 18.4 Å². The van der Waals surface area contributed by atoms with Crippen LogP contribution in [0.4, 0.5) is 0 Å². The van der Waals surface area contributed by atoms with Gasteiger partial charge in [0.25, 0.3) is 0 Å². The lowest BCUT2D eigenvalue weighted by Crippen LogP contribution is -1.95. The Morgan fingerprint density at radius 3 is 3.00 bits per heavy atom. The van der Waals surface area contributed by atoms with Crippen molar-refractivity contribution < 1.29 is 5.11 Å². The molecule has 1 rings (SSSR count). The van der Waals surface area contributed by atoms with Gasteiger partial charge in [-0.3, -0.25) is 4.98 Å². The lowest BCUT2D eigenvalue weighted by Gasteiger charge is -2.08. The fourth-order valence-electron chi connectivity index (χ4n) is 1.07. The Hall–Kier alpha value is -0.890. The number of hydrogen-bond acceptors (Lipinski definition) is 2. The molecule has 12 heavy (non-hydrogen) atoms. The molecule has 0 saturated heterocycles. The number of aliphatic hydroxyl groups excluding tert-OH is 1. The molecule has 1 N–H and O–H groups in total. The van der Waals surface area contributed by atoms with Crippen LogP contribution in [0.1, 0.15) is 24.3 Å². The lowest BCUT2D eigenvalue weighted by molar-refractivity contribution is 0.282. The summed E-state index contributed by atoms with van der Waals surface area (Å²) in [6.45, 7) is 6.03. The van der Waals surface area contributed by atoms with Gasteiger partial charge in [0.1, 0.15) is 0 Å². The second-order valence-electron chi connectivity index (χ2n) is 2.76. The molecule has 0 aliphatic rings. The normalized spacial score (nSPS) is 12.8. The average Bonchev–Trinajstić information content (AvgIpc) is 2.15. The smallest absolute Gasteiger partial charge is 0.0431 e.